The highest BCUT2D eigenvalue weighted by Crippen LogP contribution is 2.19. The average molecular weight is 329 g/mol. The molecular formula is C18H19NO5. The summed E-state index contributed by atoms with van der Waals surface area (Å²) in [6.07, 6.45) is 4.56. The summed E-state index contributed by atoms with van der Waals surface area (Å²) in [5.74, 6) is 3.18. The number of amides is 1. The van der Waals surface area contributed by atoms with Crippen LogP contribution in [0.1, 0.15) is 26.5 Å². The average Bonchev–Trinajstić information content (AvgIpc) is 2.49. The molecule has 126 valence electrons. The SMILES string of the molecule is C#CCOc1ccc2c(=O)cc(CNC(=O)OC(C)(C)C)oc2c1. The summed E-state index contributed by atoms with van der Waals surface area (Å²) in [6, 6.07) is 6.18. The highest BCUT2D eigenvalue weighted by atomic mass is 16.6. The first-order valence-electron chi connectivity index (χ1n) is 7.38. The second-order valence-corrected chi connectivity index (χ2v) is 6.08. The number of hydrogen-bond acceptors (Lipinski definition) is 5. The molecule has 6 nitrogen and oxygen atoms in total. The zero-order chi connectivity index (χ0) is 17.7. The smallest absolute Gasteiger partial charge is 0.408 e. The summed E-state index contributed by atoms with van der Waals surface area (Å²) >= 11 is 0. The van der Waals surface area contributed by atoms with Gasteiger partial charge >= 0.3 is 6.09 Å². The molecule has 0 radical (unpaired) electrons. The fourth-order valence-electron chi connectivity index (χ4n) is 1.96. The van der Waals surface area contributed by atoms with Gasteiger partial charge in [-0.1, -0.05) is 5.92 Å². The second kappa shape index (κ2) is 7.09. The quantitative estimate of drug-likeness (QED) is 0.873. The molecule has 1 amide bonds. The third-order valence-corrected chi connectivity index (χ3v) is 2.88. The maximum Gasteiger partial charge on any atom is 0.408 e. The van der Waals surface area contributed by atoms with Crippen LogP contribution in [0.15, 0.2) is 33.5 Å². The molecule has 0 fully saturated rings. The molecule has 0 atom stereocenters. The lowest BCUT2D eigenvalue weighted by Crippen LogP contribution is -2.32. The van der Waals surface area contributed by atoms with Crippen molar-refractivity contribution < 1.29 is 18.7 Å². The Bertz CT molecular complexity index is 839. The molecule has 0 aliphatic rings. The van der Waals surface area contributed by atoms with Gasteiger partial charge in [0.25, 0.3) is 0 Å². The number of rotatable bonds is 4. The van der Waals surface area contributed by atoms with E-state index in [1.807, 2.05) is 0 Å². The first kappa shape index (κ1) is 17.4. The van der Waals surface area contributed by atoms with Crippen LogP contribution >= 0.6 is 0 Å². The Balaban J connectivity index is 2.18. The Hall–Kier alpha value is -2.94. The van der Waals surface area contributed by atoms with E-state index in [2.05, 4.69) is 11.2 Å². The van der Waals surface area contributed by atoms with Gasteiger partial charge in [0.1, 0.15) is 29.3 Å². The summed E-state index contributed by atoms with van der Waals surface area (Å²) in [4.78, 5) is 23.8. The molecule has 24 heavy (non-hydrogen) atoms. The molecule has 0 saturated heterocycles. The van der Waals surface area contributed by atoms with Crippen LogP contribution < -0.4 is 15.5 Å². The van der Waals surface area contributed by atoms with E-state index >= 15 is 0 Å². The number of nitrogens with one attached hydrogen (secondary N) is 1. The van der Waals surface area contributed by atoms with Crippen molar-refractivity contribution >= 4 is 17.1 Å². The Morgan fingerprint density at radius 2 is 2.08 bits per heavy atom. The van der Waals surface area contributed by atoms with E-state index in [0.717, 1.165) is 0 Å². The number of carbonyl (C=O) groups excluding carboxylic acids is 1. The summed E-state index contributed by atoms with van der Waals surface area (Å²) in [5.41, 5.74) is -0.448. The number of terminal acetylenes is 1. The van der Waals surface area contributed by atoms with Gasteiger partial charge in [-0.15, -0.1) is 6.42 Å². The monoisotopic (exact) mass is 329 g/mol. The van der Waals surface area contributed by atoms with Gasteiger partial charge in [-0.25, -0.2) is 4.79 Å². The molecule has 0 spiro atoms. The van der Waals surface area contributed by atoms with Crippen molar-refractivity contribution in [1.29, 1.82) is 0 Å². The van der Waals surface area contributed by atoms with Crippen molar-refractivity contribution in [2.24, 2.45) is 0 Å². The van der Waals surface area contributed by atoms with Crippen LogP contribution in [0.3, 0.4) is 0 Å². The van der Waals surface area contributed by atoms with Crippen LogP contribution in [0.25, 0.3) is 11.0 Å². The van der Waals surface area contributed by atoms with Gasteiger partial charge < -0.3 is 19.2 Å². The van der Waals surface area contributed by atoms with E-state index in [1.165, 1.54) is 6.07 Å². The van der Waals surface area contributed by atoms with Gasteiger partial charge in [0.15, 0.2) is 5.43 Å². The second-order valence-electron chi connectivity index (χ2n) is 6.08. The normalized spacial score (nSPS) is 10.9. The molecule has 1 heterocycles. The zero-order valence-corrected chi connectivity index (χ0v) is 13.8. The van der Waals surface area contributed by atoms with E-state index in [0.29, 0.717) is 22.5 Å². The summed E-state index contributed by atoms with van der Waals surface area (Å²) < 4.78 is 16.1. The van der Waals surface area contributed by atoms with Gasteiger partial charge in [-0.05, 0) is 32.9 Å². The van der Waals surface area contributed by atoms with Crippen molar-refractivity contribution in [3.63, 3.8) is 0 Å². The molecule has 1 aromatic heterocycles. The fourth-order valence-corrected chi connectivity index (χ4v) is 1.96. The first-order valence-corrected chi connectivity index (χ1v) is 7.38. The maximum absolute atomic E-state index is 12.1. The van der Waals surface area contributed by atoms with Crippen LogP contribution in [0, 0.1) is 12.3 Å². The van der Waals surface area contributed by atoms with Crippen molar-refractivity contribution in [1.82, 2.24) is 5.32 Å². The minimum atomic E-state index is -0.600. The largest absolute Gasteiger partial charge is 0.481 e. The van der Waals surface area contributed by atoms with Crippen molar-refractivity contribution in [2.45, 2.75) is 32.9 Å². The lowest BCUT2D eigenvalue weighted by Gasteiger charge is -2.19. The predicted octanol–water partition coefficient (Wildman–Crippen LogP) is 2.83. The van der Waals surface area contributed by atoms with Gasteiger partial charge in [0, 0.05) is 12.1 Å². The van der Waals surface area contributed by atoms with E-state index in [9.17, 15) is 9.59 Å². The predicted molar refractivity (Wildman–Crippen MR) is 89.9 cm³/mol. The minimum absolute atomic E-state index is 0.0372. The molecule has 0 aliphatic heterocycles. The van der Waals surface area contributed by atoms with Gasteiger partial charge in [0.2, 0.25) is 0 Å². The number of alkyl carbamates (subject to hydrolysis) is 1. The number of fused-ring (bicyclic) bond motifs is 1. The lowest BCUT2D eigenvalue weighted by molar-refractivity contribution is 0.0520. The highest BCUT2D eigenvalue weighted by Gasteiger charge is 2.16. The topological polar surface area (TPSA) is 77.8 Å². The van der Waals surface area contributed by atoms with Crippen molar-refractivity contribution in [3.8, 4) is 18.1 Å². The van der Waals surface area contributed by atoms with Crippen LogP contribution in [0.2, 0.25) is 0 Å². The van der Waals surface area contributed by atoms with E-state index in [-0.39, 0.29) is 18.6 Å². The van der Waals surface area contributed by atoms with Gasteiger partial charge in [-0.3, -0.25) is 4.79 Å². The summed E-state index contributed by atoms with van der Waals surface area (Å²) in [5, 5.41) is 2.97. The van der Waals surface area contributed by atoms with E-state index in [4.69, 9.17) is 20.3 Å². The van der Waals surface area contributed by atoms with E-state index in [1.54, 1.807) is 39.0 Å². The highest BCUT2D eigenvalue weighted by molar-refractivity contribution is 5.78. The molecule has 0 aliphatic carbocycles. The number of carbonyl (C=O) groups is 1. The Labute approximate surface area is 139 Å². The van der Waals surface area contributed by atoms with Crippen LogP contribution in [-0.2, 0) is 11.3 Å². The summed E-state index contributed by atoms with van der Waals surface area (Å²) in [6.45, 7) is 5.45. The number of benzene rings is 1. The lowest BCUT2D eigenvalue weighted by atomic mass is 10.2. The van der Waals surface area contributed by atoms with Crippen LogP contribution in [-0.4, -0.2) is 18.3 Å². The van der Waals surface area contributed by atoms with Crippen molar-refractivity contribution in [2.75, 3.05) is 6.61 Å². The molecule has 2 rings (SSSR count). The molecule has 2 aromatic rings. The van der Waals surface area contributed by atoms with Gasteiger partial charge in [0.05, 0.1) is 11.9 Å². The minimum Gasteiger partial charge on any atom is -0.481 e. The molecule has 6 heteroatoms. The van der Waals surface area contributed by atoms with E-state index < -0.39 is 11.7 Å². The Morgan fingerprint density at radius 3 is 2.75 bits per heavy atom. The fraction of sp³-hybridized carbons (Fsp3) is 0.333. The summed E-state index contributed by atoms with van der Waals surface area (Å²) in [7, 11) is 0. The molecule has 1 aromatic carbocycles. The molecular weight excluding hydrogens is 310 g/mol. The molecule has 0 unspecified atom stereocenters. The molecule has 1 N–H and O–H groups in total. The molecule has 0 saturated carbocycles. The van der Waals surface area contributed by atoms with Crippen LogP contribution in [0.5, 0.6) is 5.75 Å². The third-order valence-electron chi connectivity index (χ3n) is 2.88. The number of ether oxygens (including phenoxy) is 2. The number of hydrogen-bond donors (Lipinski definition) is 1. The Morgan fingerprint density at radius 1 is 1.33 bits per heavy atom. The van der Waals surface area contributed by atoms with Crippen LogP contribution in [0.4, 0.5) is 4.79 Å². The standard InChI is InChI=1S/C18H19NO5/c1-5-8-22-12-6-7-14-15(20)9-13(23-16(14)10-12)11-19-17(21)24-18(2,3)4/h1,6-7,9-10H,8,11H2,2-4H3,(H,19,21). The first-order chi connectivity index (χ1) is 11.3. The Kier molecular flexibility index (Phi) is 5.14. The molecule has 0 bridgehead atoms. The van der Waals surface area contributed by atoms with Gasteiger partial charge in [-0.2, -0.15) is 0 Å². The third kappa shape index (κ3) is 4.78. The maximum atomic E-state index is 12.1. The van der Waals surface area contributed by atoms with Crippen molar-refractivity contribution in [3.05, 3.63) is 40.2 Å². The zero-order valence-electron chi connectivity index (χ0n) is 13.8.